The summed E-state index contributed by atoms with van der Waals surface area (Å²) < 4.78 is 5.07. The Bertz CT molecular complexity index is 559. The summed E-state index contributed by atoms with van der Waals surface area (Å²) in [7, 11) is 0. The first-order valence-electron chi connectivity index (χ1n) is 5.51. The maximum atomic E-state index is 11.1. The molecule has 0 saturated heterocycles. The Balaban J connectivity index is 2.22. The van der Waals surface area contributed by atoms with Crippen LogP contribution in [0.1, 0.15) is 12.0 Å². The second-order valence-corrected chi connectivity index (χ2v) is 4.00. The average Bonchev–Trinajstić information content (AvgIpc) is 2.35. The standard InChI is InChI=1S/C13H14O4/c14-8-11(15)5-2-9-1-3-10-4-6-13(16)17-12(10)7-9/h1,3-4,6-7,11,14-15H,2,5,8H2. The van der Waals surface area contributed by atoms with Crippen molar-refractivity contribution < 1.29 is 14.6 Å². The van der Waals surface area contributed by atoms with Crippen LogP contribution >= 0.6 is 0 Å². The van der Waals surface area contributed by atoms with Crippen molar-refractivity contribution in [1.82, 2.24) is 0 Å². The van der Waals surface area contributed by atoms with E-state index < -0.39 is 6.10 Å². The van der Waals surface area contributed by atoms with Gasteiger partial charge in [-0.15, -0.1) is 0 Å². The predicted octanol–water partition coefficient (Wildman–Crippen LogP) is 1.08. The van der Waals surface area contributed by atoms with Crippen LogP contribution in [0.2, 0.25) is 0 Å². The van der Waals surface area contributed by atoms with Crippen molar-refractivity contribution in [2.45, 2.75) is 18.9 Å². The van der Waals surface area contributed by atoms with E-state index in [1.165, 1.54) is 6.07 Å². The van der Waals surface area contributed by atoms with Crippen LogP contribution in [0.4, 0.5) is 0 Å². The molecule has 0 fully saturated rings. The van der Waals surface area contributed by atoms with Crippen molar-refractivity contribution in [2.24, 2.45) is 0 Å². The average molecular weight is 234 g/mol. The third-order valence-electron chi connectivity index (χ3n) is 2.66. The molecular weight excluding hydrogens is 220 g/mol. The molecule has 2 rings (SSSR count). The molecule has 1 heterocycles. The quantitative estimate of drug-likeness (QED) is 0.776. The molecule has 17 heavy (non-hydrogen) atoms. The number of hydrogen-bond donors (Lipinski definition) is 2. The van der Waals surface area contributed by atoms with Gasteiger partial charge >= 0.3 is 5.63 Å². The second-order valence-electron chi connectivity index (χ2n) is 4.00. The van der Waals surface area contributed by atoms with Crippen LogP contribution in [0.25, 0.3) is 11.0 Å². The van der Waals surface area contributed by atoms with E-state index in [2.05, 4.69) is 0 Å². The number of benzene rings is 1. The van der Waals surface area contributed by atoms with Gasteiger partial charge < -0.3 is 14.6 Å². The highest BCUT2D eigenvalue weighted by Gasteiger charge is 2.04. The largest absolute Gasteiger partial charge is 0.423 e. The zero-order valence-corrected chi connectivity index (χ0v) is 9.30. The third-order valence-corrected chi connectivity index (χ3v) is 2.66. The molecule has 4 heteroatoms. The first-order chi connectivity index (χ1) is 8.19. The normalized spacial score (nSPS) is 12.8. The van der Waals surface area contributed by atoms with Crippen molar-refractivity contribution in [1.29, 1.82) is 0 Å². The molecule has 1 aromatic heterocycles. The highest BCUT2D eigenvalue weighted by molar-refractivity contribution is 5.76. The van der Waals surface area contributed by atoms with Crippen molar-refractivity contribution >= 4 is 11.0 Å². The molecule has 1 unspecified atom stereocenters. The van der Waals surface area contributed by atoms with Crippen LogP contribution in [0.3, 0.4) is 0 Å². The predicted molar refractivity (Wildman–Crippen MR) is 63.9 cm³/mol. The Labute approximate surface area is 98.1 Å². The summed E-state index contributed by atoms with van der Waals surface area (Å²) in [5, 5.41) is 18.8. The number of aryl methyl sites for hydroxylation is 1. The fourth-order valence-electron chi connectivity index (χ4n) is 1.69. The minimum absolute atomic E-state index is 0.233. The van der Waals surface area contributed by atoms with Crippen LogP contribution in [-0.4, -0.2) is 22.9 Å². The minimum Gasteiger partial charge on any atom is -0.423 e. The van der Waals surface area contributed by atoms with Crippen LogP contribution in [0.15, 0.2) is 39.5 Å². The maximum absolute atomic E-state index is 11.1. The van der Waals surface area contributed by atoms with Gasteiger partial charge in [-0.05, 0) is 30.5 Å². The Morgan fingerprint density at radius 1 is 1.24 bits per heavy atom. The first-order valence-corrected chi connectivity index (χ1v) is 5.51. The molecular formula is C13H14O4. The Kier molecular flexibility index (Phi) is 3.56. The summed E-state index contributed by atoms with van der Waals surface area (Å²) in [5.41, 5.74) is 1.15. The van der Waals surface area contributed by atoms with Gasteiger partial charge in [0.1, 0.15) is 5.58 Å². The molecule has 0 aliphatic rings. The van der Waals surface area contributed by atoms with Gasteiger partial charge in [-0.1, -0.05) is 12.1 Å². The number of hydrogen-bond acceptors (Lipinski definition) is 4. The molecule has 1 aromatic carbocycles. The molecule has 90 valence electrons. The fourth-order valence-corrected chi connectivity index (χ4v) is 1.69. The van der Waals surface area contributed by atoms with Crippen LogP contribution in [0.5, 0.6) is 0 Å². The molecule has 0 aliphatic carbocycles. The Hall–Kier alpha value is -1.65. The second kappa shape index (κ2) is 5.12. The summed E-state index contributed by atoms with van der Waals surface area (Å²) in [6, 6.07) is 8.69. The third kappa shape index (κ3) is 2.93. The molecule has 2 N–H and O–H groups in total. The van der Waals surface area contributed by atoms with Crippen molar-refractivity contribution in [3.63, 3.8) is 0 Å². The molecule has 2 aromatic rings. The number of aliphatic hydroxyl groups is 2. The lowest BCUT2D eigenvalue weighted by atomic mass is 10.1. The van der Waals surface area contributed by atoms with Crippen LogP contribution < -0.4 is 5.63 Å². The summed E-state index contributed by atoms with van der Waals surface area (Å²) >= 11 is 0. The van der Waals surface area contributed by atoms with E-state index in [1.807, 2.05) is 12.1 Å². The van der Waals surface area contributed by atoms with E-state index >= 15 is 0 Å². The Morgan fingerprint density at radius 2 is 2.00 bits per heavy atom. The first kappa shape index (κ1) is 11.8. The zero-order valence-electron chi connectivity index (χ0n) is 9.30. The molecule has 0 spiro atoms. The van der Waals surface area contributed by atoms with Gasteiger partial charge in [0.05, 0.1) is 12.7 Å². The van der Waals surface area contributed by atoms with E-state index in [-0.39, 0.29) is 12.2 Å². The van der Waals surface area contributed by atoms with Gasteiger partial charge in [0.25, 0.3) is 0 Å². The molecule has 0 radical (unpaired) electrons. The van der Waals surface area contributed by atoms with Crippen molar-refractivity contribution in [2.75, 3.05) is 6.61 Å². The summed E-state index contributed by atoms with van der Waals surface area (Å²) in [6.07, 6.45) is 0.420. The lowest BCUT2D eigenvalue weighted by molar-refractivity contribution is 0.0886. The van der Waals surface area contributed by atoms with E-state index in [0.717, 1.165) is 10.9 Å². The number of rotatable bonds is 4. The lowest BCUT2D eigenvalue weighted by Crippen LogP contribution is -2.12. The number of fused-ring (bicyclic) bond motifs is 1. The highest BCUT2D eigenvalue weighted by atomic mass is 16.4. The van der Waals surface area contributed by atoms with Gasteiger partial charge in [0.15, 0.2) is 0 Å². The molecule has 0 aliphatic heterocycles. The van der Waals surface area contributed by atoms with E-state index in [9.17, 15) is 9.90 Å². The zero-order chi connectivity index (χ0) is 12.3. The van der Waals surface area contributed by atoms with Gasteiger partial charge in [-0.2, -0.15) is 0 Å². The van der Waals surface area contributed by atoms with Gasteiger partial charge in [0.2, 0.25) is 0 Å². The van der Waals surface area contributed by atoms with Gasteiger partial charge in [-0.3, -0.25) is 0 Å². The minimum atomic E-state index is -0.700. The van der Waals surface area contributed by atoms with Crippen molar-refractivity contribution in [3.05, 3.63) is 46.3 Å². The SMILES string of the molecule is O=c1ccc2ccc(CCC(O)CO)cc2o1. The topological polar surface area (TPSA) is 70.7 Å². The molecule has 0 bridgehead atoms. The maximum Gasteiger partial charge on any atom is 0.336 e. The number of aliphatic hydroxyl groups excluding tert-OH is 2. The van der Waals surface area contributed by atoms with E-state index in [0.29, 0.717) is 18.4 Å². The fraction of sp³-hybridized carbons (Fsp3) is 0.308. The molecule has 1 atom stereocenters. The summed E-state index contributed by atoms with van der Waals surface area (Å²) in [5.74, 6) is 0. The van der Waals surface area contributed by atoms with Crippen LogP contribution in [0, 0.1) is 0 Å². The Morgan fingerprint density at radius 3 is 2.76 bits per heavy atom. The van der Waals surface area contributed by atoms with Gasteiger partial charge in [-0.25, -0.2) is 4.79 Å². The molecule has 0 amide bonds. The van der Waals surface area contributed by atoms with Crippen molar-refractivity contribution in [3.8, 4) is 0 Å². The van der Waals surface area contributed by atoms with E-state index in [1.54, 1.807) is 12.1 Å². The van der Waals surface area contributed by atoms with Gasteiger partial charge in [0, 0.05) is 11.5 Å². The highest BCUT2D eigenvalue weighted by Crippen LogP contribution is 2.15. The lowest BCUT2D eigenvalue weighted by Gasteiger charge is -2.07. The monoisotopic (exact) mass is 234 g/mol. The van der Waals surface area contributed by atoms with Crippen LogP contribution in [-0.2, 0) is 6.42 Å². The smallest absolute Gasteiger partial charge is 0.336 e. The van der Waals surface area contributed by atoms with E-state index in [4.69, 9.17) is 9.52 Å². The molecule has 0 saturated carbocycles. The molecule has 4 nitrogen and oxygen atoms in total. The summed E-state index contributed by atoms with van der Waals surface area (Å²) in [6.45, 7) is -0.233. The summed E-state index contributed by atoms with van der Waals surface area (Å²) in [4.78, 5) is 11.1.